The van der Waals surface area contributed by atoms with Crippen LogP contribution in [0.3, 0.4) is 0 Å². The zero-order valence-corrected chi connectivity index (χ0v) is 16.8. The summed E-state index contributed by atoms with van der Waals surface area (Å²) in [4.78, 5) is 3.24. The van der Waals surface area contributed by atoms with E-state index >= 15 is 4.39 Å². The normalized spacial score (nSPS) is 21.8. The Morgan fingerprint density at radius 3 is 2.76 bits per heavy atom. The van der Waals surface area contributed by atoms with E-state index in [9.17, 15) is 12.8 Å². The van der Waals surface area contributed by atoms with Crippen molar-refractivity contribution < 1.29 is 21.9 Å². The zero-order chi connectivity index (χ0) is 20.4. The van der Waals surface area contributed by atoms with Crippen molar-refractivity contribution in [3.8, 4) is 5.75 Å². The van der Waals surface area contributed by atoms with Crippen LogP contribution >= 0.6 is 0 Å². The van der Waals surface area contributed by atoms with Crippen molar-refractivity contribution in [3.63, 3.8) is 0 Å². The molecule has 4 nitrogen and oxygen atoms in total. The van der Waals surface area contributed by atoms with Crippen molar-refractivity contribution in [1.82, 2.24) is 4.98 Å². The van der Waals surface area contributed by atoms with E-state index in [4.69, 9.17) is 4.74 Å². The highest BCUT2D eigenvalue weighted by Crippen LogP contribution is 2.59. The van der Waals surface area contributed by atoms with Crippen LogP contribution in [0.15, 0.2) is 36.5 Å². The van der Waals surface area contributed by atoms with E-state index in [0.717, 1.165) is 35.4 Å². The molecule has 2 aromatic carbocycles. The first kappa shape index (κ1) is 18.6. The number of fused-ring (bicyclic) bond motifs is 2. The molecule has 1 N–H and O–H groups in total. The van der Waals surface area contributed by atoms with E-state index in [2.05, 4.69) is 4.98 Å². The number of benzene rings is 2. The van der Waals surface area contributed by atoms with Crippen LogP contribution in [0.5, 0.6) is 5.75 Å². The third-order valence-corrected chi connectivity index (χ3v) is 7.03. The zero-order valence-electron chi connectivity index (χ0n) is 16.0. The highest BCUT2D eigenvalue weighted by atomic mass is 32.2. The van der Waals surface area contributed by atoms with E-state index in [1.165, 1.54) is 12.3 Å². The minimum Gasteiger partial charge on any atom is -0.493 e. The number of sulfone groups is 1. The van der Waals surface area contributed by atoms with E-state index in [1.807, 2.05) is 18.3 Å². The van der Waals surface area contributed by atoms with Gasteiger partial charge >= 0.3 is 0 Å². The molecule has 1 saturated carbocycles. The fourth-order valence-electron chi connectivity index (χ4n) is 5.01. The Bertz CT molecular complexity index is 1230. The number of halogens is 2. The van der Waals surface area contributed by atoms with Crippen LogP contribution in [0.1, 0.15) is 36.0 Å². The van der Waals surface area contributed by atoms with Crippen LogP contribution in [-0.4, -0.2) is 26.3 Å². The lowest BCUT2D eigenvalue weighted by Crippen LogP contribution is -2.37. The fraction of sp³-hybridized carbons (Fsp3) is 0.364. The van der Waals surface area contributed by atoms with E-state index in [-0.39, 0.29) is 17.4 Å². The molecular formula is C22H21F2NO3S. The summed E-state index contributed by atoms with van der Waals surface area (Å²) in [7, 11) is -3.21. The lowest BCUT2D eigenvalue weighted by Gasteiger charge is -2.39. The lowest BCUT2D eigenvalue weighted by atomic mass is 9.67. The lowest BCUT2D eigenvalue weighted by molar-refractivity contribution is 0.214. The summed E-state index contributed by atoms with van der Waals surface area (Å²) in [6.07, 6.45) is 5.60. The monoisotopic (exact) mass is 417 g/mol. The predicted octanol–water partition coefficient (Wildman–Crippen LogP) is 4.47. The van der Waals surface area contributed by atoms with Gasteiger partial charge in [0.05, 0.1) is 12.4 Å². The second-order valence-corrected chi connectivity index (χ2v) is 10.4. The molecule has 1 aliphatic heterocycles. The summed E-state index contributed by atoms with van der Waals surface area (Å²) in [6.45, 7) is 0.377. The van der Waals surface area contributed by atoms with Crippen molar-refractivity contribution in [2.75, 3.05) is 12.9 Å². The number of rotatable bonds is 4. The number of nitrogens with one attached hydrogen (secondary N) is 1. The average Bonchev–Trinajstić information content (AvgIpc) is 3.39. The van der Waals surface area contributed by atoms with Gasteiger partial charge in [-0.25, -0.2) is 17.2 Å². The number of H-pyrrole nitrogens is 1. The van der Waals surface area contributed by atoms with Gasteiger partial charge in [0, 0.05) is 46.5 Å². The molecule has 0 amide bonds. The van der Waals surface area contributed by atoms with E-state index in [0.29, 0.717) is 24.2 Å². The number of ether oxygens (including phenoxy) is 1. The minimum absolute atomic E-state index is 0.0695. The standard InChI is InChI=1S/C22H21F2NO3S/c1-29(26,27)12-13-3-2-4-16-17(11-25-21(13)16)22(14-5-6-14)7-8-28-19-10-15(23)9-18(24)20(19)22/h2-4,9-11,14,25H,5-8,12H2,1H3. The maximum Gasteiger partial charge on any atom is 0.151 e. The molecule has 1 aromatic heterocycles. The topological polar surface area (TPSA) is 59.2 Å². The maximum atomic E-state index is 15.1. The Morgan fingerprint density at radius 2 is 2.03 bits per heavy atom. The number of hydrogen-bond acceptors (Lipinski definition) is 3. The van der Waals surface area contributed by atoms with E-state index < -0.39 is 26.9 Å². The smallest absolute Gasteiger partial charge is 0.151 e. The van der Waals surface area contributed by atoms with E-state index in [1.54, 1.807) is 6.07 Å². The Morgan fingerprint density at radius 1 is 1.24 bits per heavy atom. The first-order valence-electron chi connectivity index (χ1n) is 9.69. The second-order valence-electron chi connectivity index (χ2n) is 8.22. The van der Waals surface area contributed by atoms with Gasteiger partial charge in [-0.05, 0) is 36.3 Å². The molecule has 29 heavy (non-hydrogen) atoms. The third kappa shape index (κ3) is 2.94. The Balaban J connectivity index is 1.77. The molecule has 1 aliphatic carbocycles. The summed E-state index contributed by atoms with van der Waals surface area (Å²) in [5.74, 6) is -0.805. The fourth-order valence-corrected chi connectivity index (χ4v) is 5.81. The van der Waals surface area contributed by atoms with Gasteiger partial charge in [-0.3, -0.25) is 0 Å². The first-order valence-corrected chi connectivity index (χ1v) is 11.7. The molecule has 5 rings (SSSR count). The van der Waals surface area contributed by atoms with Gasteiger partial charge in [0.2, 0.25) is 0 Å². The summed E-state index contributed by atoms with van der Waals surface area (Å²) >= 11 is 0. The van der Waals surface area contributed by atoms with Crippen molar-refractivity contribution in [1.29, 1.82) is 0 Å². The van der Waals surface area contributed by atoms with Crippen LogP contribution in [0.2, 0.25) is 0 Å². The molecule has 2 heterocycles. The van der Waals surface area contributed by atoms with Crippen molar-refractivity contribution in [3.05, 3.63) is 64.9 Å². The van der Waals surface area contributed by atoms with Gasteiger partial charge in [-0.2, -0.15) is 0 Å². The van der Waals surface area contributed by atoms with Crippen LogP contribution < -0.4 is 4.74 Å². The molecule has 0 spiro atoms. The summed E-state index contributed by atoms with van der Waals surface area (Å²) in [5, 5.41) is 0.884. The van der Waals surface area contributed by atoms with Crippen LogP contribution in [-0.2, 0) is 21.0 Å². The predicted molar refractivity (Wildman–Crippen MR) is 107 cm³/mol. The molecule has 0 bridgehead atoms. The molecule has 0 radical (unpaired) electrons. The Labute approximate surface area is 167 Å². The van der Waals surface area contributed by atoms with Gasteiger partial charge < -0.3 is 9.72 Å². The molecule has 1 fully saturated rings. The Kier molecular flexibility index (Phi) is 4.04. The SMILES string of the molecule is CS(=O)(=O)Cc1cccc2c(C3(C4CC4)CCOc4cc(F)cc(F)c43)c[nH]c12. The number of para-hydroxylation sites is 1. The van der Waals surface area contributed by atoms with Crippen LogP contribution in [0.4, 0.5) is 8.78 Å². The quantitative estimate of drug-likeness (QED) is 0.681. The van der Waals surface area contributed by atoms with Gasteiger partial charge in [0.25, 0.3) is 0 Å². The van der Waals surface area contributed by atoms with Crippen molar-refractivity contribution in [2.24, 2.45) is 5.92 Å². The van der Waals surface area contributed by atoms with Gasteiger partial charge in [-0.1, -0.05) is 18.2 Å². The van der Waals surface area contributed by atoms with Gasteiger partial charge in [0.1, 0.15) is 17.4 Å². The molecule has 7 heteroatoms. The first-order chi connectivity index (χ1) is 13.8. The van der Waals surface area contributed by atoms with Gasteiger partial charge in [-0.15, -0.1) is 0 Å². The summed E-state index contributed by atoms with van der Waals surface area (Å²) in [6, 6.07) is 7.75. The molecule has 1 atom stereocenters. The largest absolute Gasteiger partial charge is 0.493 e. The summed E-state index contributed by atoms with van der Waals surface area (Å²) < 4.78 is 58.3. The van der Waals surface area contributed by atoms with Crippen LogP contribution in [0, 0.1) is 17.6 Å². The maximum absolute atomic E-state index is 15.1. The van der Waals surface area contributed by atoms with Crippen LogP contribution in [0.25, 0.3) is 10.9 Å². The third-order valence-electron chi connectivity index (χ3n) is 6.19. The van der Waals surface area contributed by atoms with Gasteiger partial charge in [0.15, 0.2) is 9.84 Å². The average molecular weight is 417 g/mol. The van der Waals surface area contributed by atoms with Crippen molar-refractivity contribution in [2.45, 2.75) is 30.4 Å². The highest BCUT2D eigenvalue weighted by Gasteiger charge is 2.53. The Hall–Kier alpha value is -2.41. The van der Waals surface area contributed by atoms with Crippen molar-refractivity contribution >= 4 is 20.7 Å². The molecule has 1 unspecified atom stereocenters. The molecule has 152 valence electrons. The summed E-state index contributed by atoms with van der Waals surface area (Å²) in [5.41, 5.74) is 2.17. The highest BCUT2D eigenvalue weighted by molar-refractivity contribution is 7.89. The number of hydrogen-bond donors (Lipinski definition) is 1. The second kappa shape index (κ2) is 6.29. The molecular weight excluding hydrogens is 396 g/mol. The minimum atomic E-state index is -3.21. The molecule has 0 saturated heterocycles. The number of aromatic amines is 1. The number of aromatic nitrogens is 1. The molecule has 3 aromatic rings. The molecule has 2 aliphatic rings.